The molecule has 4 nitrogen and oxygen atoms in total. The molecule has 1 aromatic rings. The number of unbranched alkanes of at least 4 members (excludes halogenated alkanes) is 1. The Morgan fingerprint density at radius 1 is 1.16 bits per heavy atom. The summed E-state index contributed by atoms with van der Waals surface area (Å²) in [5, 5.41) is 0. The van der Waals surface area contributed by atoms with Gasteiger partial charge in [-0.3, -0.25) is 4.79 Å². The van der Waals surface area contributed by atoms with Crippen LogP contribution >= 0.6 is 0 Å². The minimum absolute atomic E-state index is 0.0673. The van der Waals surface area contributed by atoms with Crippen molar-refractivity contribution in [3.8, 4) is 0 Å². The van der Waals surface area contributed by atoms with Gasteiger partial charge >= 0.3 is 0 Å². The summed E-state index contributed by atoms with van der Waals surface area (Å²) in [6, 6.07) is 6.12. The van der Waals surface area contributed by atoms with Crippen LogP contribution in [0.4, 0.5) is 0 Å². The summed E-state index contributed by atoms with van der Waals surface area (Å²) in [6.07, 6.45) is 1.80. The maximum Gasteiger partial charge on any atom is 0.243 e. The molecule has 0 saturated carbocycles. The molecular formula is C14H21NO3S. The van der Waals surface area contributed by atoms with Crippen molar-refractivity contribution in [2.24, 2.45) is 0 Å². The van der Waals surface area contributed by atoms with Gasteiger partial charge in [0.1, 0.15) is 0 Å². The Morgan fingerprint density at radius 2 is 1.74 bits per heavy atom. The van der Waals surface area contributed by atoms with Gasteiger partial charge in [0.25, 0.3) is 0 Å². The largest absolute Gasteiger partial charge is 0.295 e. The van der Waals surface area contributed by atoms with Crippen molar-refractivity contribution in [2.75, 3.05) is 13.1 Å². The molecule has 0 aromatic heterocycles. The summed E-state index contributed by atoms with van der Waals surface area (Å²) in [5.74, 6) is -0.0673. The zero-order valence-electron chi connectivity index (χ0n) is 11.7. The van der Waals surface area contributed by atoms with Gasteiger partial charge in [-0.25, -0.2) is 8.42 Å². The van der Waals surface area contributed by atoms with Gasteiger partial charge in [0.2, 0.25) is 10.0 Å². The van der Waals surface area contributed by atoms with E-state index in [0.717, 1.165) is 12.8 Å². The van der Waals surface area contributed by atoms with Crippen LogP contribution in [0.15, 0.2) is 29.2 Å². The third-order valence-electron chi connectivity index (χ3n) is 3.01. The van der Waals surface area contributed by atoms with E-state index in [9.17, 15) is 13.2 Å². The van der Waals surface area contributed by atoms with E-state index in [2.05, 4.69) is 0 Å². The van der Waals surface area contributed by atoms with Crippen molar-refractivity contribution >= 4 is 15.8 Å². The first-order valence-electron chi connectivity index (χ1n) is 6.54. The Hall–Kier alpha value is -1.20. The Balaban J connectivity index is 3.01. The Kier molecular flexibility index (Phi) is 5.69. The van der Waals surface area contributed by atoms with Crippen molar-refractivity contribution in [1.82, 2.24) is 4.31 Å². The van der Waals surface area contributed by atoms with Crippen molar-refractivity contribution < 1.29 is 13.2 Å². The van der Waals surface area contributed by atoms with Crippen molar-refractivity contribution in [3.05, 3.63) is 29.8 Å². The SMILES string of the molecule is CCCCN(CC)S(=O)(=O)c1ccc(C(C)=O)cc1. The zero-order chi connectivity index (χ0) is 14.5. The van der Waals surface area contributed by atoms with Gasteiger partial charge in [0.15, 0.2) is 5.78 Å². The summed E-state index contributed by atoms with van der Waals surface area (Å²) in [5.41, 5.74) is 0.524. The number of sulfonamides is 1. The van der Waals surface area contributed by atoms with Crippen LogP contribution in [0.25, 0.3) is 0 Å². The van der Waals surface area contributed by atoms with Gasteiger partial charge in [0, 0.05) is 18.7 Å². The molecule has 0 saturated heterocycles. The first kappa shape index (κ1) is 15.9. The number of carbonyl (C=O) groups is 1. The second-order valence-corrected chi connectivity index (χ2v) is 6.37. The molecule has 0 atom stereocenters. The molecule has 19 heavy (non-hydrogen) atoms. The number of nitrogens with zero attached hydrogens (tertiary/aromatic N) is 1. The highest BCUT2D eigenvalue weighted by Gasteiger charge is 2.22. The zero-order valence-corrected chi connectivity index (χ0v) is 12.5. The maximum absolute atomic E-state index is 12.4. The Morgan fingerprint density at radius 3 is 2.16 bits per heavy atom. The summed E-state index contributed by atoms with van der Waals surface area (Å²) in [4.78, 5) is 11.4. The minimum Gasteiger partial charge on any atom is -0.295 e. The van der Waals surface area contributed by atoms with E-state index in [1.165, 1.54) is 23.4 Å². The van der Waals surface area contributed by atoms with E-state index >= 15 is 0 Å². The molecule has 0 aliphatic heterocycles. The number of benzene rings is 1. The molecule has 0 unspecified atom stereocenters. The average molecular weight is 283 g/mol. The summed E-state index contributed by atoms with van der Waals surface area (Å²) in [7, 11) is -3.44. The fourth-order valence-corrected chi connectivity index (χ4v) is 3.28. The summed E-state index contributed by atoms with van der Waals surface area (Å²) >= 11 is 0. The van der Waals surface area contributed by atoms with E-state index in [4.69, 9.17) is 0 Å². The Labute approximate surface area is 115 Å². The fraction of sp³-hybridized carbons (Fsp3) is 0.500. The van der Waals surface area contributed by atoms with Crippen LogP contribution < -0.4 is 0 Å². The first-order chi connectivity index (χ1) is 8.93. The molecule has 0 spiro atoms. The quantitative estimate of drug-likeness (QED) is 0.723. The highest BCUT2D eigenvalue weighted by molar-refractivity contribution is 7.89. The highest BCUT2D eigenvalue weighted by atomic mass is 32.2. The van der Waals surface area contributed by atoms with Gasteiger partial charge in [-0.2, -0.15) is 4.31 Å². The van der Waals surface area contributed by atoms with E-state index in [1.807, 2.05) is 13.8 Å². The lowest BCUT2D eigenvalue weighted by Gasteiger charge is -2.20. The van der Waals surface area contributed by atoms with Crippen LogP contribution in [-0.2, 0) is 10.0 Å². The number of hydrogen-bond acceptors (Lipinski definition) is 3. The molecule has 0 aliphatic rings. The molecule has 0 aliphatic carbocycles. The molecule has 0 N–H and O–H groups in total. The van der Waals surface area contributed by atoms with Crippen LogP contribution in [0, 0.1) is 0 Å². The minimum atomic E-state index is -3.44. The first-order valence-corrected chi connectivity index (χ1v) is 7.98. The van der Waals surface area contributed by atoms with Gasteiger partial charge in [-0.1, -0.05) is 32.4 Å². The highest BCUT2D eigenvalue weighted by Crippen LogP contribution is 2.17. The van der Waals surface area contributed by atoms with Crippen molar-refractivity contribution in [1.29, 1.82) is 0 Å². The molecule has 0 radical (unpaired) electrons. The molecule has 5 heteroatoms. The number of carbonyl (C=O) groups excluding carboxylic acids is 1. The van der Waals surface area contributed by atoms with Crippen LogP contribution in [0.5, 0.6) is 0 Å². The summed E-state index contributed by atoms with van der Waals surface area (Å²) < 4.78 is 26.3. The third-order valence-corrected chi connectivity index (χ3v) is 5.00. The van der Waals surface area contributed by atoms with Crippen LogP contribution in [0.2, 0.25) is 0 Å². The second-order valence-electron chi connectivity index (χ2n) is 4.43. The molecule has 0 fully saturated rings. The Bertz CT molecular complexity index is 520. The van der Waals surface area contributed by atoms with Crippen LogP contribution in [-0.4, -0.2) is 31.6 Å². The summed E-state index contributed by atoms with van der Waals surface area (Å²) in [6.45, 7) is 6.31. The normalized spacial score (nSPS) is 11.8. The van der Waals surface area contributed by atoms with Crippen LogP contribution in [0.1, 0.15) is 44.0 Å². The molecule has 0 amide bonds. The average Bonchev–Trinajstić information content (AvgIpc) is 2.39. The lowest BCUT2D eigenvalue weighted by Crippen LogP contribution is -2.31. The predicted octanol–water partition coefficient (Wildman–Crippen LogP) is 2.70. The van der Waals surface area contributed by atoms with Crippen molar-refractivity contribution in [2.45, 2.75) is 38.5 Å². The number of Topliss-reactive ketones (excluding diaryl/α,β-unsaturated/α-hetero) is 1. The number of hydrogen-bond donors (Lipinski definition) is 0. The molecule has 1 aromatic carbocycles. The van der Waals surface area contributed by atoms with E-state index in [-0.39, 0.29) is 10.7 Å². The van der Waals surface area contributed by atoms with Gasteiger partial charge in [0.05, 0.1) is 4.90 Å². The lowest BCUT2D eigenvalue weighted by molar-refractivity contribution is 0.101. The molecule has 0 heterocycles. The monoisotopic (exact) mass is 283 g/mol. The van der Waals surface area contributed by atoms with E-state index in [0.29, 0.717) is 18.7 Å². The smallest absolute Gasteiger partial charge is 0.243 e. The standard InChI is InChI=1S/C14H21NO3S/c1-4-6-11-15(5-2)19(17,18)14-9-7-13(8-10-14)12(3)16/h7-10H,4-6,11H2,1-3H3. The number of ketones is 1. The van der Waals surface area contributed by atoms with Crippen LogP contribution in [0.3, 0.4) is 0 Å². The number of rotatable bonds is 7. The predicted molar refractivity (Wildman–Crippen MR) is 75.8 cm³/mol. The molecule has 0 bridgehead atoms. The third kappa shape index (κ3) is 3.88. The molecule has 1 rings (SSSR count). The van der Waals surface area contributed by atoms with Gasteiger partial charge in [-0.15, -0.1) is 0 Å². The van der Waals surface area contributed by atoms with Crippen molar-refractivity contribution in [3.63, 3.8) is 0 Å². The fourth-order valence-electron chi connectivity index (χ4n) is 1.79. The van der Waals surface area contributed by atoms with Gasteiger partial charge < -0.3 is 0 Å². The second kappa shape index (κ2) is 6.82. The van der Waals surface area contributed by atoms with E-state index < -0.39 is 10.0 Å². The van der Waals surface area contributed by atoms with Gasteiger partial charge in [-0.05, 0) is 25.5 Å². The van der Waals surface area contributed by atoms with E-state index in [1.54, 1.807) is 12.1 Å². The molecular weight excluding hydrogens is 262 g/mol. The molecule has 106 valence electrons. The lowest BCUT2D eigenvalue weighted by atomic mass is 10.2. The topological polar surface area (TPSA) is 54.5 Å². The maximum atomic E-state index is 12.4.